The van der Waals surface area contributed by atoms with Gasteiger partial charge in [0.15, 0.2) is 11.6 Å². The lowest BCUT2D eigenvalue weighted by molar-refractivity contribution is -0.138. The van der Waals surface area contributed by atoms with Crippen LogP contribution in [0.4, 0.5) is 37.8 Å². The fourth-order valence-electron chi connectivity index (χ4n) is 5.52. The number of aryl methyl sites for hydroxylation is 1. The summed E-state index contributed by atoms with van der Waals surface area (Å²) in [4.78, 5) is 49.5. The molecular formula is C29H27ClF6N8O4. The molecule has 4 N–H and O–H groups in total. The second-order valence-electron chi connectivity index (χ2n) is 11.2. The van der Waals surface area contributed by atoms with E-state index in [0.29, 0.717) is 0 Å². The summed E-state index contributed by atoms with van der Waals surface area (Å²) in [6.45, 7) is 1.63. The smallest absolute Gasteiger partial charge is 0.390 e. The molecule has 3 aromatic heterocycles. The van der Waals surface area contributed by atoms with Crippen LogP contribution >= 0.6 is 11.6 Å². The first-order valence-corrected chi connectivity index (χ1v) is 14.6. The Kier molecular flexibility index (Phi) is 9.33. The predicted octanol–water partition coefficient (Wildman–Crippen LogP) is 3.77. The van der Waals surface area contributed by atoms with Crippen LogP contribution < -0.4 is 21.5 Å². The fourth-order valence-corrected chi connectivity index (χ4v) is 5.66. The van der Waals surface area contributed by atoms with Crippen LogP contribution in [-0.2, 0) is 18.4 Å². The van der Waals surface area contributed by atoms with Gasteiger partial charge in [-0.25, -0.2) is 14.4 Å². The number of pyridine rings is 1. The largest absolute Gasteiger partial charge is 0.504 e. The lowest BCUT2D eigenvalue weighted by Crippen LogP contribution is -2.52. The maximum absolute atomic E-state index is 15.1. The number of piperazine rings is 1. The summed E-state index contributed by atoms with van der Waals surface area (Å²) in [7, 11) is 1.34. The van der Waals surface area contributed by atoms with Gasteiger partial charge in [0.05, 0.1) is 29.4 Å². The van der Waals surface area contributed by atoms with Crippen LogP contribution in [0.2, 0.25) is 5.02 Å². The van der Waals surface area contributed by atoms with Crippen LogP contribution in [0.3, 0.4) is 0 Å². The molecule has 1 saturated heterocycles. The number of benzene rings is 1. The first-order chi connectivity index (χ1) is 22.5. The number of nitrogens with one attached hydrogen (secondary N) is 1. The van der Waals surface area contributed by atoms with E-state index in [9.17, 15) is 41.4 Å². The molecule has 256 valence electrons. The molecule has 1 aliphatic heterocycles. The van der Waals surface area contributed by atoms with Crippen LogP contribution in [0.5, 0.6) is 5.75 Å². The quantitative estimate of drug-likeness (QED) is 0.186. The molecule has 4 aromatic rings. The van der Waals surface area contributed by atoms with E-state index in [1.165, 1.54) is 13.1 Å². The van der Waals surface area contributed by atoms with Crippen molar-refractivity contribution in [2.75, 3.05) is 36.4 Å². The second kappa shape index (κ2) is 13.0. The number of halogens is 7. The van der Waals surface area contributed by atoms with Crippen LogP contribution in [0, 0.1) is 17.6 Å². The lowest BCUT2D eigenvalue weighted by atomic mass is 10.0. The predicted molar refractivity (Wildman–Crippen MR) is 162 cm³/mol. The van der Waals surface area contributed by atoms with Crippen LogP contribution in [0.1, 0.15) is 23.7 Å². The van der Waals surface area contributed by atoms with E-state index >= 15 is 4.39 Å². The zero-order valence-electron chi connectivity index (χ0n) is 25.2. The highest BCUT2D eigenvalue weighted by molar-refractivity contribution is 6.33. The number of primary amides is 1. The highest BCUT2D eigenvalue weighted by atomic mass is 35.5. The van der Waals surface area contributed by atoms with Crippen molar-refractivity contribution in [3.05, 3.63) is 63.2 Å². The maximum atomic E-state index is 15.1. The first-order valence-electron chi connectivity index (χ1n) is 14.2. The van der Waals surface area contributed by atoms with Crippen molar-refractivity contribution in [3.8, 4) is 16.9 Å². The third-order valence-electron chi connectivity index (χ3n) is 7.88. The average Bonchev–Trinajstić information content (AvgIpc) is 3.36. The molecule has 2 amide bonds. The SMILES string of the molecule is C[C@H]1CN(CCC(F)(F)F)CCN1c1cc(NC(=O)Cn2cc(-c3cc(C(N)=O)c(O)c(F)c3F)c3c(=O)n(C)cnc32)c(Cl)c(F)n1. The average molecular weight is 701 g/mol. The molecule has 1 aliphatic rings. The van der Waals surface area contributed by atoms with Crippen LogP contribution in [0.25, 0.3) is 22.2 Å². The Morgan fingerprint density at radius 2 is 1.85 bits per heavy atom. The Balaban J connectivity index is 1.44. The molecule has 19 heteroatoms. The number of nitrogens with two attached hydrogens (primary N) is 1. The molecule has 5 rings (SSSR count). The lowest BCUT2D eigenvalue weighted by Gasteiger charge is -2.40. The number of hydrogen-bond acceptors (Lipinski definition) is 8. The van der Waals surface area contributed by atoms with Gasteiger partial charge in [-0.2, -0.15) is 22.0 Å². The van der Waals surface area contributed by atoms with Crippen molar-refractivity contribution in [1.82, 2.24) is 24.0 Å². The number of carbonyl (C=O) groups is 2. The van der Waals surface area contributed by atoms with Gasteiger partial charge < -0.3 is 30.2 Å². The van der Waals surface area contributed by atoms with Gasteiger partial charge in [0, 0.05) is 62.7 Å². The van der Waals surface area contributed by atoms with Crippen LogP contribution in [0.15, 0.2) is 29.5 Å². The number of phenols is 1. The second-order valence-corrected chi connectivity index (χ2v) is 11.6. The minimum absolute atomic E-state index is 0.0733. The Labute approximate surface area is 272 Å². The molecule has 1 atom stereocenters. The maximum Gasteiger partial charge on any atom is 0.390 e. The first kappa shape index (κ1) is 34.5. The molecule has 0 unspecified atom stereocenters. The van der Waals surface area contributed by atoms with E-state index in [1.807, 2.05) is 0 Å². The van der Waals surface area contributed by atoms with Gasteiger partial charge in [0.1, 0.15) is 23.0 Å². The minimum atomic E-state index is -4.30. The molecule has 0 bridgehead atoms. The number of fused-ring (bicyclic) bond motifs is 1. The monoisotopic (exact) mass is 700 g/mol. The van der Waals surface area contributed by atoms with E-state index in [0.717, 1.165) is 27.7 Å². The molecule has 4 heterocycles. The summed E-state index contributed by atoms with van der Waals surface area (Å²) in [5.74, 6) is -7.86. The molecule has 0 aliphatic carbocycles. The third kappa shape index (κ3) is 6.75. The summed E-state index contributed by atoms with van der Waals surface area (Å²) in [6.07, 6.45) is -3.04. The Bertz CT molecular complexity index is 2000. The van der Waals surface area contributed by atoms with Crippen molar-refractivity contribution >= 4 is 46.0 Å². The zero-order chi connectivity index (χ0) is 35.2. The molecule has 48 heavy (non-hydrogen) atoms. The number of alkyl halides is 3. The molecule has 1 aromatic carbocycles. The standard InChI is InChI=1S/C29H27ClF6N8O4/c1-13-9-42(4-3-29(34,35)36)5-6-44(13)18-8-17(21(30)25(33)40-18)39-19(45)11-43-10-16(20-27(43)38-12-41(2)28(20)48)14-7-15(26(37)47)24(46)23(32)22(14)31/h7-8,10,12-13,46H,3-6,9,11H2,1-2H3,(H2,37,47)(H,39,40,45)/t13-/m0/s1. The number of rotatable bonds is 8. The van der Waals surface area contributed by atoms with Gasteiger partial charge in [-0.05, 0) is 13.0 Å². The van der Waals surface area contributed by atoms with Crippen molar-refractivity contribution in [2.24, 2.45) is 12.8 Å². The molecule has 0 spiro atoms. The molecular weight excluding hydrogens is 674 g/mol. The Hall–Kier alpha value is -4.84. The zero-order valence-corrected chi connectivity index (χ0v) is 26.0. The molecule has 12 nitrogen and oxygen atoms in total. The summed E-state index contributed by atoms with van der Waals surface area (Å²) in [5.41, 5.74) is 2.50. The molecule has 0 saturated carbocycles. The Morgan fingerprint density at radius 1 is 1.15 bits per heavy atom. The van der Waals surface area contributed by atoms with Gasteiger partial charge >= 0.3 is 6.18 Å². The van der Waals surface area contributed by atoms with E-state index in [1.54, 1.807) is 16.7 Å². The van der Waals surface area contributed by atoms with Crippen molar-refractivity contribution in [3.63, 3.8) is 0 Å². The third-order valence-corrected chi connectivity index (χ3v) is 8.24. The number of aromatic nitrogens is 4. The normalized spacial score (nSPS) is 15.7. The topological polar surface area (TPSA) is 152 Å². The van der Waals surface area contributed by atoms with Gasteiger partial charge in [0.2, 0.25) is 17.7 Å². The number of amides is 2. The fraction of sp³-hybridized carbons (Fsp3) is 0.345. The molecule has 1 fully saturated rings. The highest BCUT2D eigenvalue weighted by Crippen LogP contribution is 2.36. The highest BCUT2D eigenvalue weighted by Gasteiger charge is 2.32. The molecule has 0 radical (unpaired) electrons. The number of nitrogens with zero attached hydrogens (tertiary/aromatic N) is 6. The number of hydrogen-bond donors (Lipinski definition) is 3. The van der Waals surface area contributed by atoms with Gasteiger partial charge in [0.25, 0.3) is 11.5 Å². The van der Waals surface area contributed by atoms with Crippen molar-refractivity contribution in [2.45, 2.75) is 32.1 Å². The summed E-state index contributed by atoms with van der Waals surface area (Å²) < 4.78 is 84.8. The van der Waals surface area contributed by atoms with E-state index in [4.69, 9.17) is 17.3 Å². The number of carbonyl (C=O) groups excluding carboxylic acids is 2. The number of aromatic hydroxyl groups is 1. The van der Waals surface area contributed by atoms with Crippen molar-refractivity contribution in [1.29, 1.82) is 0 Å². The number of anilines is 2. The van der Waals surface area contributed by atoms with Crippen molar-refractivity contribution < 1.29 is 41.0 Å². The van der Waals surface area contributed by atoms with E-state index < -0.39 is 76.0 Å². The summed E-state index contributed by atoms with van der Waals surface area (Å²) in [5, 5.41) is 11.5. The van der Waals surface area contributed by atoms with Gasteiger partial charge in [-0.15, -0.1) is 0 Å². The summed E-state index contributed by atoms with van der Waals surface area (Å²) in [6, 6.07) is 1.69. The minimum Gasteiger partial charge on any atom is -0.504 e. The van der Waals surface area contributed by atoms with E-state index in [2.05, 4.69) is 15.3 Å². The van der Waals surface area contributed by atoms with Gasteiger partial charge in [-0.3, -0.25) is 19.3 Å². The Morgan fingerprint density at radius 3 is 2.50 bits per heavy atom. The summed E-state index contributed by atoms with van der Waals surface area (Å²) >= 11 is 6.11. The van der Waals surface area contributed by atoms with Crippen LogP contribution in [-0.4, -0.2) is 79.3 Å². The van der Waals surface area contributed by atoms with E-state index in [-0.39, 0.29) is 60.3 Å². The van der Waals surface area contributed by atoms with Gasteiger partial charge in [-0.1, -0.05) is 11.6 Å².